The van der Waals surface area contributed by atoms with Crippen LogP contribution in [0.25, 0.3) is 32.7 Å². The number of anilines is 3. The monoisotopic (exact) mass is 926 g/mol. The van der Waals surface area contributed by atoms with Crippen molar-refractivity contribution in [2.75, 3.05) is 55.4 Å². The topological polar surface area (TPSA) is 316 Å². The maximum absolute atomic E-state index is 14.1. The fourth-order valence-electron chi connectivity index (χ4n) is 7.04. The Morgan fingerprint density at radius 3 is 1.38 bits per heavy atom. The van der Waals surface area contributed by atoms with Crippen molar-refractivity contribution in [1.29, 1.82) is 0 Å². The lowest BCUT2D eigenvalue weighted by molar-refractivity contribution is -0.369. The van der Waals surface area contributed by atoms with Gasteiger partial charge in [0.25, 0.3) is 17.7 Å². The molecule has 4 amide bonds. The van der Waals surface area contributed by atoms with Crippen molar-refractivity contribution < 1.29 is 60.5 Å². The summed E-state index contributed by atoms with van der Waals surface area (Å²) < 4.78 is 18.1. The van der Waals surface area contributed by atoms with Crippen LogP contribution in [0.15, 0.2) is 91.0 Å². The molecule has 0 spiro atoms. The van der Waals surface area contributed by atoms with E-state index in [1.807, 2.05) is 0 Å². The van der Waals surface area contributed by atoms with Crippen LogP contribution >= 0.6 is 0 Å². The van der Waals surface area contributed by atoms with Gasteiger partial charge in [-0.25, -0.2) is 24.7 Å². The number of quaternary nitrogens is 3. The van der Waals surface area contributed by atoms with Crippen LogP contribution in [0, 0.1) is 0 Å². The van der Waals surface area contributed by atoms with Gasteiger partial charge in [-0.3, -0.25) is 19.2 Å². The summed E-state index contributed by atoms with van der Waals surface area (Å²) >= 11 is 0. The maximum atomic E-state index is 14.1. The molecule has 350 valence electrons. The molecule has 68 heavy (non-hydrogen) atoms. The summed E-state index contributed by atoms with van der Waals surface area (Å²) in [6.45, 7) is 4.13. The van der Waals surface area contributed by atoms with E-state index in [-0.39, 0.29) is 57.6 Å². The molecule has 0 unspecified atom stereocenters. The number of rotatable bonds is 21. The maximum Gasteiger partial charge on any atom is 0.354 e. The van der Waals surface area contributed by atoms with Gasteiger partial charge in [0.1, 0.15) is 34.3 Å². The van der Waals surface area contributed by atoms with Gasteiger partial charge in [-0.2, -0.15) is 0 Å². The van der Waals surface area contributed by atoms with E-state index in [2.05, 4.69) is 53.4 Å². The fourth-order valence-corrected chi connectivity index (χ4v) is 7.04. The summed E-state index contributed by atoms with van der Waals surface area (Å²) in [4.78, 5) is 83.7. The molecule has 0 atom stereocenters. The van der Waals surface area contributed by atoms with Crippen molar-refractivity contribution in [2.45, 2.75) is 32.7 Å². The molecule has 20 nitrogen and oxygen atoms in total. The third kappa shape index (κ3) is 11.4. The summed E-state index contributed by atoms with van der Waals surface area (Å²) in [5, 5.41) is 22.7. The minimum absolute atomic E-state index is 0.00179. The molecular formula is C48H52N11O9+3. The zero-order valence-corrected chi connectivity index (χ0v) is 37.4. The average Bonchev–Trinajstić information content (AvgIpc) is 3.33. The first-order valence-corrected chi connectivity index (χ1v) is 21.9. The highest BCUT2D eigenvalue weighted by molar-refractivity contribution is 6.12. The highest BCUT2D eigenvalue weighted by Gasteiger charge is 2.21. The number of benzene rings is 3. The van der Waals surface area contributed by atoms with E-state index in [9.17, 15) is 29.1 Å². The molecule has 0 saturated carbocycles. The fraction of sp³-hybridized carbons (Fsp3) is 0.229. The Bertz CT molecular complexity index is 3040. The second kappa shape index (κ2) is 22.2. The van der Waals surface area contributed by atoms with Crippen molar-refractivity contribution >= 4 is 79.4 Å². The predicted octanol–water partition coefficient (Wildman–Crippen LogP) is 2.85. The van der Waals surface area contributed by atoms with Gasteiger partial charge in [-0.1, -0.05) is 24.3 Å². The molecule has 4 heterocycles. The number of hydrogen-bond acceptors (Lipinski definition) is 12. The Balaban J connectivity index is 1.13. The van der Waals surface area contributed by atoms with Crippen molar-refractivity contribution in [1.82, 2.24) is 25.3 Å². The molecule has 0 saturated heterocycles. The van der Waals surface area contributed by atoms with E-state index in [0.29, 0.717) is 109 Å². The minimum Gasteiger partial charge on any atom is -0.493 e. The number of pyridine rings is 4. The molecule has 0 aliphatic carbocycles. The Morgan fingerprint density at radius 2 is 0.926 bits per heavy atom. The van der Waals surface area contributed by atoms with E-state index in [0.717, 1.165) is 0 Å². The zero-order chi connectivity index (χ0) is 48.2. The van der Waals surface area contributed by atoms with Gasteiger partial charge in [0, 0.05) is 60.5 Å². The normalized spacial score (nSPS) is 11.0. The number of ether oxygens (including phenoxy) is 3. The molecule has 0 fully saturated rings. The van der Waals surface area contributed by atoms with Crippen molar-refractivity contribution in [3.8, 4) is 17.2 Å². The number of carboxylic acids is 1. The number of aromatic nitrogens is 4. The van der Waals surface area contributed by atoms with Crippen LogP contribution in [0.1, 0.15) is 73.8 Å². The Kier molecular flexibility index (Phi) is 15.6. The number of aromatic carboxylic acids is 1. The highest BCUT2D eigenvalue weighted by atomic mass is 16.5. The van der Waals surface area contributed by atoms with Gasteiger partial charge in [-0.05, 0) is 48.5 Å². The van der Waals surface area contributed by atoms with Crippen LogP contribution in [0.5, 0.6) is 17.2 Å². The van der Waals surface area contributed by atoms with E-state index < -0.39 is 23.7 Å². The molecule has 0 radical (unpaired) electrons. The van der Waals surface area contributed by atoms with Crippen molar-refractivity contribution in [3.63, 3.8) is 0 Å². The van der Waals surface area contributed by atoms with Gasteiger partial charge in [0.15, 0.2) is 5.69 Å². The second-order valence-electron chi connectivity index (χ2n) is 15.4. The standard InChI is InChI=1S/C48H49N11O9/c1-27(60)53-32-13-3-10-29-40(67-21-7-18-50)24-37(56-42(29)32)47(63)59-33-14-4-11-30-39(66-20-6-17-49)23-36(55-43(30)33)45(61)52-26-28-9-2-16-35(54-28)46(62)58-34-15-5-12-31-41(68-22-8-19-51)25-38(48(64)65)57-44(31)34/h2-5,9-16,23-25H,6-8,17-22,26,49-51H2,1H3,(H,52,61)(H,53,60)(H,58,62)(H,59,63)(H,64,65)/p+3. The number of hydrogen-bond donors (Lipinski definition) is 8. The van der Waals surface area contributed by atoms with Crippen molar-refractivity contribution in [2.24, 2.45) is 0 Å². The number of carbonyl (C=O) groups excluding carboxylic acids is 4. The quantitative estimate of drug-likeness (QED) is 0.0482. The molecule has 4 aromatic heterocycles. The molecule has 14 N–H and O–H groups in total. The number of amides is 4. The number of fused-ring (bicyclic) bond motifs is 3. The number of nitrogens with one attached hydrogen (secondary N) is 4. The van der Waals surface area contributed by atoms with Crippen LogP contribution in [-0.2, 0) is 11.3 Å². The lowest BCUT2D eigenvalue weighted by Gasteiger charge is -2.15. The minimum atomic E-state index is -1.26. The van der Waals surface area contributed by atoms with Crippen LogP contribution in [0.2, 0.25) is 0 Å². The van der Waals surface area contributed by atoms with Crippen LogP contribution in [0.4, 0.5) is 17.1 Å². The number of nitrogens with zero attached hydrogens (tertiary/aromatic N) is 4. The number of carbonyl (C=O) groups is 5. The molecule has 7 aromatic rings. The summed E-state index contributed by atoms with van der Waals surface area (Å²) in [6, 6.07) is 24.5. The zero-order valence-electron chi connectivity index (χ0n) is 37.4. The Labute approximate surface area is 389 Å². The molecule has 0 aliphatic heterocycles. The average molecular weight is 927 g/mol. The van der Waals surface area contributed by atoms with E-state index in [4.69, 9.17) is 19.2 Å². The molecule has 0 aliphatic rings. The lowest BCUT2D eigenvalue weighted by Crippen LogP contribution is -2.50. The van der Waals surface area contributed by atoms with E-state index >= 15 is 0 Å². The Morgan fingerprint density at radius 1 is 0.515 bits per heavy atom. The second-order valence-corrected chi connectivity index (χ2v) is 15.4. The Hall–Kier alpha value is -8.33. The summed E-state index contributed by atoms with van der Waals surface area (Å²) in [7, 11) is 0. The number of carboxylic acid groups (broad SMARTS) is 1. The third-order valence-corrected chi connectivity index (χ3v) is 10.3. The van der Waals surface area contributed by atoms with E-state index in [1.165, 1.54) is 31.2 Å². The summed E-state index contributed by atoms with van der Waals surface area (Å²) in [5.41, 5.74) is 13.4. The summed E-state index contributed by atoms with van der Waals surface area (Å²) in [5.74, 6) is -2.32. The largest absolute Gasteiger partial charge is 0.493 e. The van der Waals surface area contributed by atoms with Gasteiger partial charge >= 0.3 is 5.97 Å². The first-order valence-electron chi connectivity index (χ1n) is 21.9. The molecule has 3 aromatic carbocycles. The molecular weight excluding hydrogens is 875 g/mol. The van der Waals surface area contributed by atoms with Crippen molar-refractivity contribution in [3.05, 3.63) is 119 Å². The smallest absolute Gasteiger partial charge is 0.354 e. The highest BCUT2D eigenvalue weighted by Crippen LogP contribution is 2.34. The number of para-hydroxylation sites is 3. The van der Waals surface area contributed by atoms with Gasteiger partial charge < -0.3 is 57.8 Å². The molecule has 20 heteroatoms. The first-order chi connectivity index (χ1) is 33.0. The van der Waals surface area contributed by atoms with Crippen LogP contribution < -0.4 is 52.7 Å². The van der Waals surface area contributed by atoms with Gasteiger partial charge in [0.05, 0.1) is 85.3 Å². The third-order valence-electron chi connectivity index (χ3n) is 10.3. The first kappa shape index (κ1) is 47.6. The van der Waals surface area contributed by atoms with Gasteiger partial charge in [-0.15, -0.1) is 0 Å². The lowest BCUT2D eigenvalue weighted by atomic mass is 10.1. The van der Waals surface area contributed by atoms with E-state index in [1.54, 1.807) is 66.7 Å². The summed E-state index contributed by atoms with van der Waals surface area (Å²) in [6.07, 6.45) is 1.97. The molecule has 7 rings (SSSR count). The van der Waals surface area contributed by atoms with Crippen LogP contribution in [-0.4, -0.2) is 94.1 Å². The molecule has 0 bridgehead atoms. The van der Waals surface area contributed by atoms with Gasteiger partial charge in [0.2, 0.25) is 5.91 Å². The predicted molar refractivity (Wildman–Crippen MR) is 251 cm³/mol. The van der Waals surface area contributed by atoms with Crippen LogP contribution in [0.3, 0.4) is 0 Å². The SMILES string of the molecule is CC(=O)Nc1cccc2c(OCCC[NH3+])cc(C(=O)Nc3cccc4c(OCCC[NH3+])cc(C(=O)NCc5cccc(C(=O)Nc6cccc7c(OCCC[NH3+])cc(C(=O)O)nc67)n5)nc34)nc12.